The SMILES string of the molecule is N#Cc1ccc(N2C[C@@H]3C[C@H](C2)[C@H](C(=O)NCc2ccccc2)N2C(=O)CCC[C@@H]32)nc1. The standard InChI is InChI=1S/C25H27N5O2/c26-12-18-9-10-22(27-14-18)29-15-19-11-20(16-29)24(30-21(19)7-4-8-23(30)31)25(32)28-13-17-5-2-1-3-6-17/h1-3,5-6,9-10,14,19-21,24H,4,7-8,11,13,15-16H2,(H,28,32)/t19-,20+,21-,24+/m0/s1. The Balaban J connectivity index is 1.39. The first kappa shape index (κ1) is 20.5. The maximum absolute atomic E-state index is 13.4. The van der Waals surface area contributed by atoms with Gasteiger partial charge in [-0.2, -0.15) is 5.26 Å². The minimum Gasteiger partial charge on any atom is -0.356 e. The lowest BCUT2D eigenvalue weighted by Crippen LogP contribution is -2.68. The number of amides is 2. The number of hydrogen-bond acceptors (Lipinski definition) is 5. The van der Waals surface area contributed by atoms with Crippen LogP contribution >= 0.6 is 0 Å². The molecular weight excluding hydrogens is 402 g/mol. The molecule has 3 aliphatic rings. The number of rotatable bonds is 4. The zero-order valence-electron chi connectivity index (χ0n) is 18.0. The summed E-state index contributed by atoms with van der Waals surface area (Å²) in [5.74, 6) is 1.26. The third-order valence-electron chi connectivity index (χ3n) is 7.12. The van der Waals surface area contributed by atoms with Gasteiger partial charge in [-0.25, -0.2) is 4.98 Å². The van der Waals surface area contributed by atoms with Crippen molar-refractivity contribution in [3.8, 4) is 6.07 Å². The Morgan fingerprint density at radius 1 is 1.16 bits per heavy atom. The van der Waals surface area contributed by atoms with Crippen LogP contribution in [0.4, 0.5) is 5.82 Å². The van der Waals surface area contributed by atoms with Gasteiger partial charge in [-0.05, 0) is 42.9 Å². The van der Waals surface area contributed by atoms with Crippen molar-refractivity contribution in [2.24, 2.45) is 11.8 Å². The Kier molecular flexibility index (Phi) is 5.52. The molecule has 3 fully saturated rings. The van der Waals surface area contributed by atoms with E-state index in [2.05, 4.69) is 21.3 Å². The van der Waals surface area contributed by atoms with E-state index < -0.39 is 6.04 Å². The van der Waals surface area contributed by atoms with Crippen molar-refractivity contribution in [2.75, 3.05) is 18.0 Å². The van der Waals surface area contributed by atoms with E-state index in [0.29, 0.717) is 31.0 Å². The third kappa shape index (κ3) is 3.81. The van der Waals surface area contributed by atoms with Crippen LogP contribution in [0, 0.1) is 23.2 Å². The monoisotopic (exact) mass is 429 g/mol. The first-order chi connectivity index (χ1) is 15.6. The lowest BCUT2D eigenvalue weighted by atomic mass is 9.71. The van der Waals surface area contributed by atoms with Crippen molar-refractivity contribution in [3.63, 3.8) is 0 Å². The minimum absolute atomic E-state index is 0.0558. The first-order valence-corrected chi connectivity index (χ1v) is 11.4. The Hall–Kier alpha value is -3.40. The molecule has 32 heavy (non-hydrogen) atoms. The van der Waals surface area contributed by atoms with E-state index in [4.69, 9.17) is 5.26 Å². The molecule has 4 heterocycles. The van der Waals surface area contributed by atoms with Crippen molar-refractivity contribution in [1.82, 2.24) is 15.2 Å². The molecule has 0 aliphatic carbocycles. The fourth-order valence-corrected chi connectivity index (χ4v) is 5.71. The molecule has 0 radical (unpaired) electrons. The number of pyridine rings is 1. The van der Waals surface area contributed by atoms with E-state index in [0.717, 1.165) is 37.2 Å². The summed E-state index contributed by atoms with van der Waals surface area (Å²) >= 11 is 0. The van der Waals surface area contributed by atoms with Crippen LogP contribution < -0.4 is 10.2 Å². The molecule has 7 nitrogen and oxygen atoms in total. The van der Waals surface area contributed by atoms with Crippen LogP contribution in [0.3, 0.4) is 0 Å². The smallest absolute Gasteiger partial charge is 0.243 e. The average Bonchev–Trinajstić information content (AvgIpc) is 2.84. The summed E-state index contributed by atoms with van der Waals surface area (Å²) < 4.78 is 0. The van der Waals surface area contributed by atoms with E-state index in [9.17, 15) is 9.59 Å². The van der Waals surface area contributed by atoms with Gasteiger partial charge < -0.3 is 15.1 Å². The number of benzene rings is 1. The largest absolute Gasteiger partial charge is 0.356 e. The molecule has 2 amide bonds. The highest BCUT2D eigenvalue weighted by molar-refractivity contribution is 5.89. The molecule has 0 unspecified atom stereocenters. The molecule has 3 saturated heterocycles. The number of fused-ring (bicyclic) bond motifs is 4. The van der Waals surface area contributed by atoms with Crippen molar-refractivity contribution in [1.29, 1.82) is 5.26 Å². The highest BCUT2D eigenvalue weighted by Gasteiger charge is 2.52. The number of aromatic nitrogens is 1. The molecule has 3 aliphatic heterocycles. The van der Waals surface area contributed by atoms with E-state index in [1.807, 2.05) is 41.3 Å². The van der Waals surface area contributed by atoms with Crippen LogP contribution in [0.15, 0.2) is 48.7 Å². The zero-order valence-corrected chi connectivity index (χ0v) is 18.0. The Morgan fingerprint density at radius 2 is 1.97 bits per heavy atom. The fraction of sp³-hybridized carbons (Fsp3) is 0.440. The molecule has 7 heteroatoms. The molecule has 2 bridgehead atoms. The normalized spacial score (nSPS) is 26.8. The van der Waals surface area contributed by atoms with Gasteiger partial charge >= 0.3 is 0 Å². The Labute approximate surface area is 188 Å². The molecule has 5 rings (SSSR count). The van der Waals surface area contributed by atoms with Gasteiger partial charge in [0, 0.05) is 44.2 Å². The Morgan fingerprint density at radius 3 is 2.72 bits per heavy atom. The first-order valence-electron chi connectivity index (χ1n) is 11.4. The number of hydrogen-bond donors (Lipinski definition) is 1. The van der Waals surface area contributed by atoms with Crippen LogP contribution in [0.1, 0.15) is 36.8 Å². The highest BCUT2D eigenvalue weighted by Crippen LogP contribution is 2.42. The molecule has 4 atom stereocenters. The van der Waals surface area contributed by atoms with Crippen molar-refractivity contribution in [3.05, 3.63) is 59.8 Å². The quantitative estimate of drug-likeness (QED) is 0.807. The van der Waals surface area contributed by atoms with Gasteiger partial charge in [0.2, 0.25) is 11.8 Å². The van der Waals surface area contributed by atoms with Gasteiger partial charge in [0.1, 0.15) is 17.9 Å². The Bertz CT molecular complexity index is 1030. The number of nitriles is 1. The van der Waals surface area contributed by atoms with Crippen molar-refractivity contribution in [2.45, 2.75) is 44.3 Å². The highest BCUT2D eigenvalue weighted by atomic mass is 16.2. The van der Waals surface area contributed by atoms with Gasteiger partial charge in [-0.1, -0.05) is 30.3 Å². The van der Waals surface area contributed by atoms with Crippen LogP contribution in [0.2, 0.25) is 0 Å². The van der Waals surface area contributed by atoms with Gasteiger partial charge in [-0.3, -0.25) is 9.59 Å². The second-order valence-corrected chi connectivity index (χ2v) is 9.09. The topological polar surface area (TPSA) is 89.3 Å². The molecule has 164 valence electrons. The van der Waals surface area contributed by atoms with Crippen molar-refractivity contribution >= 4 is 17.6 Å². The molecule has 0 saturated carbocycles. The summed E-state index contributed by atoms with van der Waals surface area (Å²) in [6, 6.07) is 15.3. The predicted molar refractivity (Wildman–Crippen MR) is 119 cm³/mol. The van der Waals surface area contributed by atoms with E-state index in [1.165, 1.54) is 0 Å². The number of carbonyl (C=O) groups is 2. The fourth-order valence-electron chi connectivity index (χ4n) is 5.71. The summed E-state index contributed by atoms with van der Waals surface area (Å²) in [6.07, 6.45) is 4.90. The molecule has 1 N–H and O–H groups in total. The summed E-state index contributed by atoms with van der Waals surface area (Å²) in [6.45, 7) is 1.96. The second-order valence-electron chi connectivity index (χ2n) is 9.09. The molecule has 1 aromatic heterocycles. The van der Waals surface area contributed by atoms with Gasteiger partial charge in [0.05, 0.1) is 5.56 Å². The second kappa shape index (κ2) is 8.62. The van der Waals surface area contributed by atoms with Crippen LogP contribution in [-0.2, 0) is 16.1 Å². The summed E-state index contributed by atoms with van der Waals surface area (Å²) in [5.41, 5.74) is 1.58. The predicted octanol–water partition coefficient (Wildman–Crippen LogP) is 2.48. The van der Waals surface area contributed by atoms with Crippen molar-refractivity contribution < 1.29 is 9.59 Å². The maximum atomic E-state index is 13.4. The van der Waals surface area contributed by atoms with Gasteiger partial charge in [0.15, 0.2) is 0 Å². The van der Waals surface area contributed by atoms with Crippen LogP contribution in [-0.4, -0.2) is 46.9 Å². The molecule has 0 spiro atoms. The molecule has 2 aromatic rings. The number of piperidine rings is 3. The van der Waals surface area contributed by atoms with Crippen LogP contribution in [0.5, 0.6) is 0 Å². The van der Waals surface area contributed by atoms with Crippen LogP contribution in [0.25, 0.3) is 0 Å². The minimum atomic E-state index is -0.450. The van der Waals surface area contributed by atoms with Gasteiger partial charge in [0.25, 0.3) is 0 Å². The van der Waals surface area contributed by atoms with E-state index in [1.54, 1.807) is 12.3 Å². The maximum Gasteiger partial charge on any atom is 0.243 e. The third-order valence-corrected chi connectivity index (χ3v) is 7.12. The van der Waals surface area contributed by atoms with Gasteiger partial charge in [-0.15, -0.1) is 0 Å². The van der Waals surface area contributed by atoms with E-state index in [-0.39, 0.29) is 23.8 Å². The number of anilines is 1. The summed E-state index contributed by atoms with van der Waals surface area (Å²) in [4.78, 5) is 35.0. The molecular formula is C25H27N5O2. The average molecular weight is 430 g/mol. The lowest BCUT2D eigenvalue weighted by Gasteiger charge is -2.56. The number of nitrogens with one attached hydrogen (secondary N) is 1. The zero-order chi connectivity index (χ0) is 22.1. The lowest BCUT2D eigenvalue weighted by molar-refractivity contribution is -0.156. The van der Waals surface area contributed by atoms with E-state index >= 15 is 0 Å². The number of carbonyl (C=O) groups excluding carboxylic acids is 2. The summed E-state index contributed by atoms with van der Waals surface area (Å²) in [5, 5.41) is 12.2. The number of nitrogens with zero attached hydrogens (tertiary/aromatic N) is 4. The molecule has 1 aromatic carbocycles. The summed E-state index contributed by atoms with van der Waals surface area (Å²) in [7, 11) is 0.